The summed E-state index contributed by atoms with van der Waals surface area (Å²) in [6.07, 6.45) is 1.90. The number of ether oxygens (including phenoxy) is 1. The fourth-order valence-corrected chi connectivity index (χ4v) is 3.45. The molecule has 0 N–H and O–H groups in total. The molecule has 2 aromatic rings. The Bertz CT molecular complexity index is 728. The van der Waals surface area contributed by atoms with Gasteiger partial charge in [0.15, 0.2) is 0 Å². The van der Waals surface area contributed by atoms with E-state index >= 15 is 0 Å². The molecule has 0 bridgehead atoms. The Balaban J connectivity index is 1.50. The first-order valence-corrected chi connectivity index (χ1v) is 9.40. The molecule has 1 saturated heterocycles. The first kappa shape index (κ1) is 18.2. The molecule has 0 unspecified atom stereocenters. The van der Waals surface area contributed by atoms with Crippen LogP contribution in [0.15, 0.2) is 52.0 Å². The standard InChI is InChI=1S/C19H21BrClN3O/c1-25-19-7-4-16(12-18(19)20)13-22-24-10-8-23(9-11-24)14-15-2-5-17(21)6-3-15/h2-7,12-13H,8-11,14H2,1H3/b22-13+. The van der Waals surface area contributed by atoms with Crippen LogP contribution in [0.4, 0.5) is 0 Å². The summed E-state index contributed by atoms with van der Waals surface area (Å²) in [5.74, 6) is 0.827. The van der Waals surface area contributed by atoms with Gasteiger partial charge in [-0.05, 0) is 57.4 Å². The van der Waals surface area contributed by atoms with E-state index in [1.165, 1.54) is 5.56 Å². The Morgan fingerprint density at radius 3 is 2.48 bits per heavy atom. The number of hydrazone groups is 1. The van der Waals surface area contributed by atoms with Gasteiger partial charge in [0.2, 0.25) is 0 Å². The Morgan fingerprint density at radius 2 is 1.84 bits per heavy atom. The number of hydrogen-bond acceptors (Lipinski definition) is 4. The summed E-state index contributed by atoms with van der Waals surface area (Å²) in [6, 6.07) is 14.0. The second kappa shape index (κ2) is 8.70. The molecule has 0 radical (unpaired) electrons. The van der Waals surface area contributed by atoms with Crippen LogP contribution in [0, 0.1) is 0 Å². The van der Waals surface area contributed by atoms with Gasteiger partial charge in [-0.1, -0.05) is 23.7 Å². The van der Waals surface area contributed by atoms with Gasteiger partial charge in [-0.25, -0.2) is 0 Å². The SMILES string of the molecule is COc1ccc(/C=N/N2CCN(Cc3ccc(Cl)cc3)CC2)cc1Br. The van der Waals surface area contributed by atoms with Gasteiger partial charge < -0.3 is 4.74 Å². The zero-order valence-electron chi connectivity index (χ0n) is 14.2. The average molecular weight is 423 g/mol. The number of rotatable bonds is 5. The topological polar surface area (TPSA) is 28.1 Å². The molecule has 1 aliphatic heterocycles. The van der Waals surface area contributed by atoms with Gasteiger partial charge in [-0.15, -0.1) is 0 Å². The molecule has 1 heterocycles. The summed E-state index contributed by atoms with van der Waals surface area (Å²) in [7, 11) is 1.66. The number of halogens is 2. The van der Waals surface area contributed by atoms with Crippen LogP contribution < -0.4 is 4.74 Å². The van der Waals surface area contributed by atoms with Crippen molar-refractivity contribution in [1.82, 2.24) is 9.91 Å². The highest BCUT2D eigenvalue weighted by Gasteiger charge is 2.15. The average Bonchev–Trinajstić information content (AvgIpc) is 2.63. The van der Waals surface area contributed by atoms with Gasteiger partial charge in [0.1, 0.15) is 5.75 Å². The van der Waals surface area contributed by atoms with Crippen molar-refractivity contribution in [3.8, 4) is 5.75 Å². The highest BCUT2D eigenvalue weighted by Crippen LogP contribution is 2.24. The zero-order chi connectivity index (χ0) is 17.6. The van der Waals surface area contributed by atoms with Crippen LogP contribution in [0.25, 0.3) is 0 Å². The van der Waals surface area contributed by atoms with Crippen molar-refractivity contribution in [2.75, 3.05) is 33.3 Å². The van der Waals surface area contributed by atoms with E-state index in [1.54, 1.807) is 7.11 Å². The van der Waals surface area contributed by atoms with Crippen molar-refractivity contribution >= 4 is 33.7 Å². The van der Waals surface area contributed by atoms with E-state index in [4.69, 9.17) is 16.3 Å². The minimum Gasteiger partial charge on any atom is -0.496 e. The van der Waals surface area contributed by atoms with Crippen LogP contribution in [0.1, 0.15) is 11.1 Å². The van der Waals surface area contributed by atoms with Crippen LogP contribution in [0.2, 0.25) is 5.02 Å². The maximum atomic E-state index is 5.94. The third-order valence-electron chi connectivity index (χ3n) is 4.21. The van der Waals surface area contributed by atoms with Crippen molar-refractivity contribution in [3.05, 3.63) is 63.1 Å². The Labute approximate surface area is 162 Å². The molecular weight excluding hydrogens is 402 g/mol. The lowest BCUT2D eigenvalue weighted by Gasteiger charge is -2.33. The van der Waals surface area contributed by atoms with Gasteiger partial charge in [-0.3, -0.25) is 9.91 Å². The van der Waals surface area contributed by atoms with Crippen LogP contribution in [0.5, 0.6) is 5.75 Å². The highest BCUT2D eigenvalue weighted by molar-refractivity contribution is 9.10. The van der Waals surface area contributed by atoms with E-state index < -0.39 is 0 Å². The third kappa shape index (κ3) is 5.21. The zero-order valence-corrected chi connectivity index (χ0v) is 16.5. The van der Waals surface area contributed by atoms with Gasteiger partial charge in [0.25, 0.3) is 0 Å². The van der Waals surface area contributed by atoms with Crippen molar-refractivity contribution in [2.24, 2.45) is 5.10 Å². The summed E-state index contributed by atoms with van der Waals surface area (Å²) in [4.78, 5) is 2.44. The number of benzene rings is 2. The lowest BCUT2D eigenvalue weighted by atomic mass is 10.2. The van der Waals surface area contributed by atoms with E-state index in [2.05, 4.69) is 43.1 Å². The molecule has 1 aliphatic rings. The van der Waals surface area contributed by atoms with Crippen molar-refractivity contribution in [3.63, 3.8) is 0 Å². The quantitative estimate of drug-likeness (QED) is 0.674. The summed E-state index contributed by atoms with van der Waals surface area (Å²) < 4.78 is 6.18. The molecule has 0 amide bonds. The highest BCUT2D eigenvalue weighted by atomic mass is 79.9. The van der Waals surface area contributed by atoms with Gasteiger partial charge in [0, 0.05) is 37.7 Å². The number of hydrogen-bond donors (Lipinski definition) is 0. The Kier molecular flexibility index (Phi) is 6.34. The first-order chi connectivity index (χ1) is 12.1. The van der Waals surface area contributed by atoms with Crippen LogP contribution in [-0.4, -0.2) is 49.4 Å². The molecular formula is C19H21BrClN3O. The molecule has 2 aromatic carbocycles. The van der Waals surface area contributed by atoms with Crippen LogP contribution in [0.3, 0.4) is 0 Å². The summed E-state index contributed by atoms with van der Waals surface area (Å²) >= 11 is 9.44. The largest absolute Gasteiger partial charge is 0.496 e. The number of methoxy groups -OCH3 is 1. The predicted octanol–water partition coefficient (Wildman–Crippen LogP) is 4.26. The molecule has 1 fully saturated rings. The predicted molar refractivity (Wildman–Crippen MR) is 107 cm³/mol. The first-order valence-electron chi connectivity index (χ1n) is 8.23. The molecule has 0 aromatic heterocycles. The van der Waals surface area contributed by atoms with Crippen molar-refractivity contribution in [2.45, 2.75) is 6.54 Å². The maximum absolute atomic E-state index is 5.94. The van der Waals surface area contributed by atoms with Gasteiger partial charge in [-0.2, -0.15) is 5.10 Å². The molecule has 0 atom stereocenters. The van der Waals surface area contributed by atoms with E-state index in [9.17, 15) is 0 Å². The minimum absolute atomic E-state index is 0.785. The molecule has 132 valence electrons. The molecule has 6 heteroatoms. The van der Waals surface area contributed by atoms with E-state index in [0.29, 0.717) is 0 Å². The Morgan fingerprint density at radius 1 is 1.12 bits per heavy atom. The van der Waals surface area contributed by atoms with Crippen molar-refractivity contribution in [1.29, 1.82) is 0 Å². The summed E-state index contributed by atoms with van der Waals surface area (Å²) in [5.41, 5.74) is 2.35. The van der Waals surface area contributed by atoms with E-state index in [1.807, 2.05) is 36.5 Å². The lowest BCUT2D eigenvalue weighted by Crippen LogP contribution is -2.43. The second-order valence-corrected chi connectivity index (χ2v) is 7.29. The Hall–Kier alpha value is -1.56. The molecule has 3 rings (SSSR count). The summed E-state index contributed by atoms with van der Waals surface area (Å²) in [6.45, 7) is 4.83. The minimum atomic E-state index is 0.785. The lowest BCUT2D eigenvalue weighted by molar-refractivity contribution is 0.131. The molecule has 4 nitrogen and oxygen atoms in total. The van der Waals surface area contributed by atoms with Crippen LogP contribution >= 0.6 is 27.5 Å². The molecule has 0 aliphatic carbocycles. The van der Waals surface area contributed by atoms with Gasteiger partial charge in [0.05, 0.1) is 17.8 Å². The maximum Gasteiger partial charge on any atom is 0.133 e. The number of piperazine rings is 1. The molecule has 0 spiro atoms. The van der Waals surface area contributed by atoms with E-state index in [-0.39, 0.29) is 0 Å². The van der Waals surface area contributed by atoms with Gasteiger partial charge >= 0.3 is 0 Å². The molecule has 25 heavy (non-hydrogen) atoms. The van der Waals surface area contributed by atoms with Crippen molar-refractivity contribution < 1.29 is 4.74 Å². The smallest absolute Gasteiger partial charge is 0.133 e. The normalized spacial score (nSPS) is 15.7. The molecule has 0 saturated carbocycles. The fraction of sp³-hybridized carbons (Fsp3) is 0.316. The number of nitrogens with zero attached hydrogens (tertiary/aromatic N) is 3. The third-order valence-corrected chi connectivity index (χ3v) is 5.09. The fourth-order valence-electron chi connectivity index (χ4n) is 2.77. The van der Waals surface area contributed by atoms with Crippen LogP contribution in [-0.2, 0) is 6.54 Å². The summed E-state index contributed by atoms with van der Waals surface area (Å²) in [5, 5.41) is 7.51. The van der Waals surface area contributed by atoms with E-state index in [0.717, 1.165) is 53.5 Å². The second-order valence-electron chi connectivity index (χ2n) is 5.99. The monoisotopic (exact) mass is 421 g/mol.